The van der Waals surface area contributed by atoms with Crippen LogP contribution in [0.15, 0.2) is 48.5 Å². The van der Waals surface area contributed by atoms with Crippen LogP contribution in [0.25, 0.3) is 0 Å². The van der Waals surface area contributed by atoms with Crippen LogP contribution >= 0.6 is 12.2 Å². The lowest BCUT2D eigenvalue weighted by atomic mass is 10.2. The molecule has 0 amide bonds. The lowest BCUT2D eigenvalue weighted by Crippen LogP contribution is -2.28. The smallest absolute Gasteiger partial charge is 0.171 e. The first-order valence-corrected chi connectivity index (χ1v) is 6.83. The van der Waals surface area contributed by atoms with E-state index in [1.807, 2.05) is 36.4 Å². The Morgan fingerprint density at radius 3 is 2.70 bits per heavy atom. The summed E-state index contributed by atoms with van der Waals surface area (Å²) in [6.45, 7) is 2.68. The molecule has 0 aliphatic heterocycles. The lowest BCUT2D eigenvalue weighted by molar-refractivity contribution is 0.409. The van der Waals surface area contributed by atoms with Crippen molar-refractivity contribution in [2.75, 3.05) is 12.4 Å². The monoisotopic (exact) mass is 286 g/mol. The van der Waals surface area contributed by atoms with E-state index in [9.17, 15) is 0 Å². The van der Waals surface area contributed by atoms with Crippen molar-refractivity contribution in [2.45, 2.75) is 13.5 Å². The van der Waals surface area contributed by atoms with E-state index < -0.39 is 0 Å². The van der Waals surface area contributed by atoms with Gasteiger partial charge in [0.1, 0.15) is 5.75 Å². The van der Waals surface area contributed by atoms with E-state index in [2.05, 4.69) is 29.7 Å². The van der Waals surface area contributed by atoms with Crippen molar-refractivity contribution in [3.05, 3.63) is 59.7 Å². The van der Waals surface area contributed by atoms with Crippen molar-refractivity contribution >= 4 is 23.0 Å². The summed E-state index contributed by atoms with van der Waals surface area (Å²) in [6, 6.07) is 16.0. The van der Waals surface area contributed by atoms with Gasteiger partial charge < -0.3 is 15.4 Å². The van der Waals surface area contributed by atoms with E-state index in [0.717, 1.165) is 17.0 Å². The number of thiocarbonyl (C=S) groups is 1. The highest BCUT2D eigenvalue weighted by Crippen LogP contribution is 2.16. The Morgan fingerprint density at radius 2 is 1.95 bits per heavy atom. The van der Waals surface area contributed by atoms with Crippen LogP contribution in [0.1, 0.15) is 11.1 Å². The average Bonchev–Trinajstić information content (AvgIpc) is 2.45. The van der Waals surface area contributed by atoms with Crippen LogP contribution in [0.5, 0.6) is 5.75 Å². The van der Waals surface area contributed by atoms with Gasteiger partial charge in [0.25, 0.3) is 0 Å². The van der Waals surface area contributed by atoms with Crippen LogP contribution in [0.2, 0.25) is 0 Å². The van der Waals surface area contributed by atoms with Crippen LogP contribution in [-0.2, 0) is 6.54 Å². The molecule has 0 aliphatic rings. The maximum atomic E-state index is 5.31. The molecular formula is C16H18N2OS. The molecule has 0 aliphatic carbocycles. The highest BCUT2D eigenvalue weighted by molar-refractivity contribution is 7.80. The summed E-state index contributed by atoms with van der Waals surface area (Å²) >= 11 is 5.29. The number of nitrogens with one attached hydrogen (secondary N) is 2. The number of benzene rings is 2. The van der Waals surface area contributed by atoms with Gasteiger partial charge in [-0.25, -0.2) is 0 Å². The number of hydrogen-bond donors (Lipinski definition) is 2. The van der Waals surface area contributed by atoms with Gasteiger partial charge >= 0.3 is 0 Å². The first-order valence-electron chi connectivity index (χ1n) is 6.42. The SMILES string of the molecule is COc1ccccc1CNC(=S)Nc1cccc(C)c1. The number of rotatable bonds is 4. The van der Waals surface area contributed by atoms with Gasteiger partial charge in [0.05, 0.1) is 7.11 Å². The Morgan fingerprint density at radius 1 is 1.15 bits per heavy atom. The van der Waals surface area contributed by atoms with Gasteiger partial charge in [-0.2, -0.15) is 0 Å². The summed E-state index contributed by atoms with van der Waals surface area (Å²) in [5, 5.41) is 6.95. The van der Waals surface area contributed by atoms with Gasteiger partial charge in [0.2, 0.25) is 0 Å². The highest BCUT2D eigenvalue weighted by Gasteiger charge is 2.03. The van der Waals surface area contributed by atoms with Crippen molar-refractivity contribution in [1.29, 1.82) is 0 Å². The minimum Gasteiger partial charge on any atom is -0.496 e. The van der Waals surface area contributed by atoms with E-state index in [4.69, 9.17) is 17.0 Å². The topological polar surface area (TPSA) is 33.3 Å². The first kappa shape index (κ1) is 14.3. The summed E-state index contributed by atoms with van der Waals surface area (Å²) < 4.78 is 5.31. The van der Waals surface area contributed by atoms with Gasteiger partial charge in [0, 0.05) is 17.8 Å². The molecule has 0 spiro atoms. The molecule has 0 radical (unpaired) electrons. The zero-order valence-corrected chi connectivity index (χ0v) is 12.5. The fraction of sp³-hybridized carbons (Fsp3) is 0.188. The molecule has 0 unspecified atom stereocenters. The molecule has 0 atom stereocenters. The molecule has 2 aromatic rings. The Bertz CT molecular complexity index is 599. The van der Waals surface area contributed by atoms with Crippen LogP contribution in [-0.4, -0.2) is 12.2 Å². The number of anilines is 1. The standard InChI is InChI=1S/C16H18N2OS/c1-12-6-5-8-14(10-12)18-16(20)17-11-13-7-3-4-9-15(13)19-2/h3-10H,11H2,1-2H3,(H2,17,18,20). The zero-order valence-electron chi connectivity index (χ0n) is 11.6. The molecule has 0 fully saturated rings. The van der Waals surface area contributed by atoms with Crippen LogP contribution in [0.3, 0.4) is 0 Å². The molecule has 3 nitrogen and oxygen atoms in total. The predicted octanol–water partition coefficient (Wildman–Crippen LogP) is 3.49. The number of hydrogen-bond acceptors (Lipinski definition) is 2. The van der Waals surface area contributed by atoms with E-state index in [1.54, 1.807) is 7.11 Å². The highest BCUT2D eigenvalue weighted by atomic mass is 32.1. The van der Waals surface area contributed by atoms with Crippen molar-refractivity contribution in [3.8, 4) is 5.75 Å². The maximum absolute atomic E-state index is 5.31. The van der Waals surface area contributed by atoms with Crippen molar-refractivity contribution in [2.24, 2.45) is 0 Å². The molecule has 0 saturated carbocycles. The Labute approximate surface area is 125 Å². The van der Waals surface area contributed by atoms with E-state index in [-0.39, 0.29) is 0 Å². The van der Waals surface area contributed by atoms with Crippen LogP contribution in [0.4, 0.5) is 5.69 Å². The largest absolute Gasteiger partial charge is 0.496 e. The van der Waals surface area contributed by atoms with E-state index in [0.29, 0.717) is 11.7 Å². The van der Waals surface area contributed by atoms with Gasteiger partial charge in [-0.3, -0.25) is 0 Å². The first-order chi connectivity index (χ1) is 9.69. The number of methoxy groups -OCH3 is 1. The summed E-state index contributed by atoms with van der Waals surface area (Å²) in [5.74, 6) is 0.860. The molecule has 0 saturated heterocycles. The molecule has 2 aromatic carbocycles. The molecule has 0 heterocycles. The molecular weight excluding hydrogens is 268 g/mol. The molecule has 0 bridgehead atoms. The minimum atomic E-state index is 0.599. The van der Waals surface area contributed by atoms with Gasteiger partial charge in [-0.15, -0.1) is 0 Å². The minimum absolute atomic E-state index is 0.599. The number of ether oxygens (including phenoxy) is 1. The number of aryl methyl sites for hydroxylation is 1. The summed E-state index contributed by atoms with van der Waals surface area (Å²) in [7, 11) is 1.67. The van der Waals surface area contributed by atoms with E-state index >= 15 is 0 Å². The zero-order chi connectivity index (χ0) is 14.4. The lowest BCUT2D eigenvalue weighted by Gasteiger charge is -2.13. The third kappa shape index (κ3) is 3.96. The summed E-state index contributed by atoms with van der Waals surface area (Å²) in [5.41, 5.74) is 3.26. The normalized spacial score (nSPS) is 9.90. The second-order valence-corrected chi connectivity index (χ2v) is 4.90. The summed E-state index contributed by atoms with van der Waals surface area (Å²) in [6.07, 6.45) is 0. The van der Waals surface area contributed by atoms with Crippen molar-refractivity contribution < 1.29 is 4.74 Å². The van der Waals surface area contributed by atoms with E-state index in [1.165, 1.54) is 5.56 Å². The Balaban J connectivity index is 1.92. The molecule has 104 valence electrons. The predicted molar refractivity (Wildman–Crippen MR) is 87.2 cm³/mol. The second-order valence-electron chi connectivity index (χ2n) is 4.49. The van der Waals surface area contributed by atoms with Crippen molar-refractivity contribution in [3.63, 3.8) is 0 Å². The fourth-order valence-corrected chi connectivity index (χ4v) is 2.11. The van der Waals surface area contributed by atoms with Crippen LogP contribution < -0.4 is 15.4 Å². The molecule has 2 N–H and O–H groups in total. The average molecular weight is 286 g/mol. The van der Waals surface area contributed by atoms with Gasteiger partial charge in [0.15, 0.2) is 5.11 Å². The molecule has 2 rings (SSSR count). The molecule has 20 heavy (non-hydrogen) atoms. The Hall–Kier alpha value is -2.07. The Kier molecular flexibility index (Phi) is 4.96. The van der Waals surface area contributed by atoms with Crippen LogP contribution in [0, 0.1) is 6.92 Å². The van der Waals surface area contributed by atoms with Gasteiger partial charge in [-0.1, -0.05) is 30.3 Å². The third-order valence-electron chi connectivity index (χ3n) is 2.91. The summed E-state index contributed by atoms with van der Waals surface area (Å²) in [4.78, 5) is 0. The maximum Gasteiger partial charge on any atom is 0.171 e. The third-order valence-corrected chi connectivity index (χ3v) is 3.15. The molecule has 4 heteroatoms. The van der Waals surface area contributed by atoms with Gasteiger partial charge in [-0.05, 0) is 42.9 Å². The number of para-hydroxylation sites is 1. The molecule has 0 aromatic heterocycles. The quantitative estimate of drug-likeness (QED) is 0.843. The fourth-order valence-electron chi connectivity index (χ4n) is 1.92. The second kappa shape index (κ2) is 6.91. The van der Waals surface area contributed by atoms with Crippen molar-refractivity contribution in [1.82, 2.24) is 5.32 Å².